The van der Waals surface area contributed by atoms with Crippen LogP contribution in [0.15, 0.2) is 47.4 Å². The summed E-state index contributed by atoms with van der Waals surface area (Å²) in [5.74, 6) is 1.09. The van der Waals surface area contributed by atoms with Crippen LogP contribution in [0, 0.1) is 0 Å². The summed E-state index contributed by atoms with van der Waals surface area (Å²) in [5, 5.41) is 13.1. The van der Waals surface area contributed by atoms with Gasteiger partial charge in [0.05, 0.1) is 13.7 Å². The van der Waals surface area contributed by atoms with Crippen LogP contribution in [0.1, 0.15) is 36.2 Å². The molecule has 0 aromatic heterocycles. The Morgan fingerprint density at radius 3 is 2.50 bits per heavy atom. The van der Waals surface area contributed by atoms with Gasteiger partial charge < -0.3 is 15.2 Å². The zero-order chi connectivity index (χ0) is 19.2. The largest absolute Gasteiger partial charge is 0.507 e. The first-order valence-electron chi connectivity index (χ1n) is 8.63. The lowest BCUT2D eigenvalue weighted by atomic mass is 9.95. The van der Waals surface area contributed by atoms with Gasteiger partial charge in [0.1, 0.15) is 11.5 Å². The Balaban J connectivity index is 1.88. The van der Waals surface area contributed by atoms with E-state index in [9.17, 15) is 9.90 Å². The molecule has 0 heterocycles. The molecule has 0 fully saturated rings. The minimum atomic E-state index is -0.158. The van der Waals surface area contributed by atoms with Gasteiger partial charge in [-0.15, -0.1) is 11.8 Å². The molecular formula is C21H27NO3S. The minimum absolute atomic E-state index is 0.0258. The summed E-state index contributed by atoms with van der Waals surface area (Å²) in [7, 11) is 1.66. The van der Waals surface area contributed by atoms with Crippen LogP contribution in [0.3, 0.4) is 0 Å². The first-order chi connectivity index (χ1) is 12.3. The maximum Gasteiger partial charge on any atom is 0.176 e. The van der Waals surface area contributed by atoms with Crippen LogP contribution in [0.5, 0.6) is 11.5 Å². The number of rotatable bonds is 9. The first-order valence-corrected chi connectivity index (χ1v) is 9.85. The molecule has 0 saturated carbocycles. The van der Waals surface area contributed by atoms with Crippen molar-refractivity contribution in [3.05, 3.63) is 53.6 Å². The molecule has 0 radical (unpaired) electrons. The molecule has 0 unspecified atom stereocenters. The fourth-order valence-corrected chi connectivity index (χ4v) is 3.13. The Labute approximate surface area is 160 Å². The Morgan fingerprint density at radius 2 is 1.88 bits per heavy atom. The Hall–Kier alpha value is -1.98. The minimum Gasteiger partial charge on any atom is -0.507 e. The van der Waals surface area contributed by atoms with E-state index in [-0.39, 0.29) is 23.6 Å². The summed E-state index contributed by atoms with van der Waals surface area (Å²) >= 11 is 1.43. The van der Waals surface area contributed by atoms with Crippen molar-refractivity contribution in [3.8, 4) is 11.5 Å². The zero-order valence-electron chi connectivity index (χ0n) is 15.8. The normalized spacial score (nSPS) is 11.4. The molecule has 0 aliphatic carbocycles. The van der Waals surface area contributed by atoms with E-state index in [1.807, 2.05) is 18.4 Å². The fourth-order valence-electron chi connectivity index (χ4n) is 2.61. The van der Waals surface area contributed by atoms with Gasteiger partial charge in [-0.2, -0.15) is 0 Å². The molecule has 0 atom stereocenters. The predicted molar refractivity (Wildman–Crippen MR) is 108 cm³/mol. The number of Topliss-reactive ketones (excluding diaryl/α,β-unsaturated/α-hetero) is 1. The molecule has 0 aliphatic heterocycles. The van der Waals surface area contributed by atoms with E-state index in [4.69, 9.17) is 4.74 Å². The summed E-state index contributed by atoms with van der Waals surface area (Å²) < 4.78 is 5.18. The third-order valence-electron chi connectivity index (χ3n) is 4.43. The number of methoxy groups -OCH3 is 1. The summed E-state index contributed by atoms with van der Waals surface area (Å²) in [6, 6.07) is 13.1. The zero-order valence-corrected chi connectivity index (χ0v) is 16.7. The van der Waals surface area contributed by atoms with Crippen LogP contribution in [0.4, 0.5) is 0 Å². The van der Waals surface area contributed by atoms with Crippen molar-refractivity contribution in [3.63, 3.8) is 0 Å². The number of benzene rings is 2. The van der Waals surface area contributed by atoms with Crippen LogP contribution in [-0.2, 0) is 6.42 Å². The van der Waals surface area contributed by atoms with Crippen molar-refractivity contribution >= 4 is 17.5 Å². The second kappa shape index (κ2) is 9.10. The summed E-state index contributed by atoms with van der Waals surface area (Å²) in [5.41, 5.74) is 1.70. The topological polar surface area (TPSA) is 58.6 Å². The summed E-state index contributed by atoms with van der Waals surface area (Å²) in [4.78, 5) is 13.2. The van der Waals surface area contributed by atoms with Crippen molar-refractivity contribution < 1.29 is 14.6 Å². The fraction of sp³-hybridized carbons (Fsp3) is 0.381. The molecule has 0 aliphatic rings. The highest BCUT2D eigenvalue weighted by molar-refractivity contribution is 7.98. The molecule has 0 saturated heterocycles. The number of ketones is 1. The first kappa shape index (κ1) is 20.3. The predicted octanol–water partition coefficient (Wildman–Crippen LogP) is 4.31. The monoisotopic (exact) mass is 373 g/mol. The number of phenols is 1. The van der Waals surface area contributed by atoms with Gasteiger partial charge in [0, 0.05) is 16.0 Å². The van der Waals surface area contributed by atoms with E-state index < -0.39 is 0 Å². The number of ether oxygens (including phenoxy) is 1. The molecule has 140 valence electrons. The van der Waals surface area contributed by atoms with Crippen molar-refractivity contribution in [2.45, 2.75) is 37.1 Å². The standard InChI is InChI=1S/C21H27NO3S/c1-21(2,12-11-15-5-8-17(25-3)9-6-15)22-14-19(24)16-7-10-18(23)20(13-16)26-4/h5-10,13,22-23H,11-12,14H2,1-4H3. The summed E-state index contributed by atoms with van der Waals surface area (Å²) in [6.07, 6.45) is 3.72. The van der Waals surface area contributed by atoms with Crippen LogP contribution >= 0.6 is 11.8 Å². The van der Waals surface area contributed by atoms with Crippen LogP contribution < -0.4 is 10.1 Å². The van der Waals surface area contributed by atoms with E-state index >= 15 is 0 Å². The molecule has 0 bridgehead atoms. The summed E-state index contributed by atoms with van der Waals surface area (Å²) in [6.45, 7) is 4.48. The van der Waals surface area contributed by atoms with Gasteiger partial charge in [-0.1, -0.05) is 12.1 Å². The van der Waals surface area contributed by atoms with E-state index in [1.165, 1.54) is 17.3 Å². The van der Waals surface area contributed by atoms with Gasteiger partial charge in [-0.05, 0) is 68.8 Å². The van der Waals surface area contributed by atoms with Gasteiger partial charge >= 0.3 is 0 Å². The third-order valence-corrected chi connectivity index (χ3v) is 5.19. The lowest BCUT2D eigenvalue weighted by Crippen LogP contribution is -2.42. The molecule has 26 heavy (non-hydrogen) atoms. The maximum absolute atomic E-state index is 12.4. The molecule has 2 aromatic rings. The molecule has 4 nitrogen and oxygen atoms in total. The van der Waals surface area contributed by atoms with Crippen LogP contribution in [0.25, 0.3) is 0 Å². The highest BCUT2D eigenvalue weighted by Gasteiger charge is 2.19. The van der Waals surface area contributed by atoms with E-state index in [0.29, 0.717) is 5.56 Å². The third kappa shape index (κ3) is 5.78. The van der Waals surface area contributed by atoms with Crippen molar-refractivity contribution in [1.29, 1.82) is 0 Å². The quantitative estimate of drug-likeness (QED) is 0.507. The molecule has 2 N–H and O–H groups in total. The number of hydrogen-bond acceptors (Lipinski definition) is 5. The molecule has 0 spiro atoms. The number of aryl methyl sites for hydroxylation is 1. The molecular weight excluding hydrogens is 346 g/mol. The van der Waals surface area contributed by atoms with Crippen molar-refractivity contribution in [1.82, 2.24) is 5.32 Å². The van der Waals surface area contributed by atoms with Gasteiger partial charge in [-0.25, -0.2) is 0 Å². The van der Waals surface area contributed by atoms with Gasteiger partial charge in [0.25, 0.3) is 0 Å². The number of carbonyl (C=O) groups is 1. The Bertz CT molecular complexity index is 741. The van der Waals surface area contributed by atoms with Crippen LogP contribution in [-0.4, -0.2) is 36.3 Å². The second-order valence-corrected chi connectivity index (χ2v) is 7.74. The number of thioether (sulfide) groups is 1. The lowest BCUT2D eigenvalue weighted by molar-refractivity contribution is 0.0979. The average Bonchev–Trinajstić information content (AvgIpc) is 2.65. The highest BCUT2D eigenvalue weighted by Crippen LogP contribution is 2.27. The van der Waals surface area contributed by atoms with E-state index in [2.05, 4.69) is 31.3 Å². The van der Waals surface area contributed by atoms with Crippen molar-refractivity contribution in [2.75, 3.05) is 19.9 Å². The number of carbonyl (C=O) groups excluding carboxylic acids is 1. The van der Waals surface area contributed by atoms with Crippen LogP contribution in [0.2, 0.25) is 0 Å². The SMILES string of the molecule is COc1ccc(CCC(C)(C)NCC(=O)c2ccc(O)c(SC)c2)cc1. The maximum atomic E-state index is 12.4. The number of hydrogen-bond donors (Lipinski definition) is 2. The van der Waals surface area contributed by atoms with E-state index in [1.54, 1.807) is 25.3 Å². The average molecular weight is 374 g/mol. The van der Waals surface area contributed by atoms with Gasteiger partial charge in [0.2, 0.25) is 0 Å². The van der Waals surface area contributed by atoms with Gasteiger partial charge in [-0.3, -0.25) is 4.79 Å². The lowest BCUT2D eigenvalue weighted by Gasteiger charge is -2.26. The Morgan fingerprint density at radius 1 is 1.19 bits per heavy atom. The van der Waals surface area contributed by atoms with Crippen molar-refractivity contribution in [2.24, 2.45) is 0 Å². The number of aromatic hydroxyl groups is 1. The highest BCUT2D eigenvalue weighted by atomic mass is 32.2. The Kier molecular flexibility index (Phi) is 7.12. The molecule has 0 amide bonds. The number of nitrogens with one attached hydrogen (secondary N) is 1. The van der Waals surface area contributed by atoms with E-state index in [0.717, 1.165) is 23.5 Å². The number of phenolic OH excluding ortho intramolecular Hbond substituents is 1. The smallest absolute Gasteiger partial charge is 0.176 e. The second-order valence-electron chi connectivity index (χ2n) is 6.90. The molecule has 2 rings (SSSR count). The molecule has 2 aromatic carbocycles. The molecule has 5 heteroatoms. The van der Waals surface area contributed by atoms with Gasteiger partial charge in [0.15, 0.2) is 5.78 Å².